The Balaban J connectivity index is 2.83. The summed E-state index contributed by atoms with van der Waals surface area (Å²) < 4.78 is 0. The van der Waals surface area contributed by atoms with Gasteiger partial charge in [0.2, 0.25) is 0 Å². The number of ketones is 1. The van der Waals surface area contributed by atoms with Crippen LogP contribution in [0.3, 0.4) is 0 Å². The SMILES string of the molecule is CC(C)NC(CNC(=O)c1cc(CS)cc(CS)c1)C(=O)C(C)C. The van der Waals surface area contributed by atoms with Crippen LogP contribution in [0.4, 0.5) is 0 Å². The monoisotopic (exact) mass is 368 g/mol. The van der Waals surface area contributed by atoms with Crippen molar-refractivity contribution < 1.29 is 9.59 Å². The van der Waals surface area contributed by atoms with Crippen molar-refractivity contribution in [2.75, 3.05) is 6.54 Å². The Kier molecular flexibility index (Phi) is 8.87. The fourth-order valence-corrected chi connectivity index (χ4v) is 2.78. The van der Waals surface area contributed by atoms with Crippen molar-refractivity contribution >= 4 is 36.9 Å². The van der Waals surface area contributed by atoms with Crippen molar-refractivity contribution in [3.63, 3.8) is 0 Å². The van der Waals surface area contributed by atoms with Crippen molar-refractivity contribution in [1.82, 2.24) is 10.6 Å². The maximum Gasteiger partial charge on any atom is 0.251 e. The van der Waals surface area contributed by atoms with Crippen LogP contribution in [-0.2, 0) is 16.3 Å². The molecule has 1 rings (SSSR count). The normalized spacial score (nSPS) is 12.5. The Labute approximate surface area is 156 Å². The molecule has 0 saturated heterocycles. The predicted molar refractivity (Wildman–Crippen MR) is 106 cm³/mol. The van der Waals surface area contributed by atoms with E-state index in [1.165, 1.54) is 0 Å². The third-order valence-electron chi connectivity index (χ3n) is 3.59. The second-order valence-corrected chi connectivity index (χ2v) is 7.13. The average Bonchev–Trinajstić information content (AvgIpc) is 2.56. The summed E-state index contributed by atoms with van der Waals surface area (Å²) in [5, 5.41) is 6.09. The van der Waals surface area contributed by atoms with E-state index in [0.29, 0.717) is 17.1 Å². The summed E-state index contributed by atoms with van der Waals surface area (Å²) in [6, 6.07) is 5.42. The lowest BCUT2D eigenvalue weighted by atomic mass is 10.0. The number of benzene rings is 1. The van der Waals surface area contributed by atoms with Crippen molar-refractivity contribution in [1.29, 1.82) is 0 Å². The number of nitrogens with one attached hydrogen (secondary N) is 2. The van der Waals surface area contributed by atoms with Gasteiger partial charge in [0.25, 0.3) is 5.91 Å². The van der Waals surface area contributed by atoms with Gasteiger partial charge in [-0.25, -0.2) is 0 Å². The summed E-state index contributed by atoms with van der Waals surface area (Å²) in [6.45, 7) is 7.98. The fraction of sp³-hybridized carbons (Fsp3) is 0.556. The lowest BCUT2D eigenvalue weighted by Gasteiger charge is -2.22. The molecule has 1 atom stereocenters. The molecule has 0 spiro atoms. The van der Waals surface area contributed by atoms with Crippen LogP contribution < -0.4 is 10.6 Å². The summed E-state index contributed by atoms with van der Waals surface area (Å²) in [6.07, 6.45) is 0. The molecule has 1 unspecified atom stereocenters. The van der Waals surface area contributed by atoms with E-state index in [4.69, 9.17) is 0 Å². The first-order chi connectivity index (χ1) is 11.3. The molecule has 0 aliphatic heterocycles. The Bertz CT molecular complexity index is 552. The van der Waals surface area contributed by atoms with Gasteiger partial charge in [-0.15, -0.1) is 0 Å². The Hall–Kier alpha value is -0.980. The highest BCUT2D eigenvalue weighted by atomic mass is 32.1. The molecule has 6 heteroatoms. The molecule has 1 aromatic rings. The van der Waals surface area contributed by atoms with Gasteiger partial charge in [-0.3, -0.25) is 9.59 Å². The van der Waals surface area contributed by atoms with Crippen LogP contribution in [0.5, 0.6) is 0 Å². The number of hydrogen-bond donors (Lipinski definition) is 4. The van der Waals surface area contributed by atoms with Crippen molar-refractivity contribution in [2.45, 2.75) is 51.3 Å². The highest BCUT2D eigenvalue weighted by molar-refractivity contribution is 7.79. The van der Waals surface area contributed by atoms with Gasteiger partial charge in [-0.05, 0) is 23.3 Å². The quantitative estimate of drug-likeness (QED) is 0.507. The first kappa shape index (κ1) is 21.1. The lowest BCUT2D eigenvalue weighted by molar-refractivity contribution is -0.124. The average molecular weight is 369 g/mol. The van der Waals surface area contributed by atoms with E-state index in [9.17, 15) is 9.59 Å². The highest BCUT2D eigenvalue weighted by Gasteiger charge is 2.22. The molecule has 1 amide bonds. The first-order valence-electron chi connectivity index (χ1n) is 8.21. The van der Waals surface area contributed by atoms with Gasteiger partial charge in [0.05, 0.1) is 6.04 Å². The molecule has 0 bridgehead atoms. The van der Waals surface area contributed by atoms with E-state index >= 15 is 0 Å². The van der Waals surface area contributed by atoms with Crippen LogP contribution in [0.15, 0.2) is 18.2 Å². The first-order valence-corrected chi connectivity index (χ1v) is 9.47. The summed E-state index contributed by atoms with van der Waals surface area (Å²) >= 11 is 8.54. The second kappa shape index (κ2) is 10.1. The smallest absolute Gasteiger partial charge is 0.251 e. The zero-order valence-electron chi connectivity index (χ0n) is 14.8. The van der Waals surface area contributed by atoms with E-state index in [1.807, 2.05) is 45.9 Å². The largest absolute Gasteiger partial charge is 0.350 e. The third kappa shape index (κ3) is 6.49. The van der Waals surface area contributed by atoms with Crippen LogP contribution in [0, 0.1) is 5.92 Å². The maximum atomic E-state index is 12.5. The molecule has 134 valence electrons. The molecule has 0 radical (unpaired) electrons. The third-order valence-corrected chi connectivity index (χ3v) is 4.32. The van der Waals surface area contributed by atoms with E-state index in [0.717, 1.165) is 11.1 Å². The van der Waals surface area contributed by atoms with Crippen molar-refractivity contribution in [2.24, 2.45) is 5.92 Å². The molecule has 0 heterocycles. The van der Waals surface area contributed by atoms with Crippen LogP contribution in [-0.4, -0.2) is 30.3 Å². The van der Waals surface area contributed by atoms with E-state index in [-0.39, 0.29) is 36.2 Å². The van der Waals surface area contributed by atoms with E-state index < -0.39 is 0 Å². The Morgan fingerprint density at radius 1 is 1.00 bits per heavy atom. The minimum absolute atomic E-state index is 0.0820. The summed E-state index contributed by atoms with van der Waals surface area (Å²) in [5.41, 5.74) is 2.53. The highest BCUT2D eigenvalue weighted by Crippen LogP contribution is 2.14. The fourth-order valence-electron chi connectivity index (χ4n) is 2.42. The molecule has 0 aliphatic rings. The number of carbonyl (C=O) groups excluding carboxylic acids is 2. The van der Waals surface area contributed by atoms with Gasteiger partial charge in [0.1, 0.15) is 0 Å². The number of carbonyl (C=O) groups is 2. The summed E-state index contributed by atoms with van der Waals surface area (Å²) in [7, 11) is 0. The van der Waals surface area contributed by atoms with Gasteiger partial charge < -0.3 is 10.6 Å². The molecule has 4 nitrogen and oxygen atoms in total. The molecule has 0 fully saturated rings. The number of rotatable bonds is 9. The zero-order valence-corrected chi connectivity index (χ0v) is 16.6. The Morgan fingerprint density at radius 3 is 1.96 bits per heavy atom. The molecule has 1 aromatic carbocycles. The summed E-state index contributed by atoms with van der Waals surface area (Å²) in [5.74, 6) is 0.954. The van der Waals surface area contributed by atoms with Crippen LogP contribution in [0.25, 0.3) is 0 Å². The van der Waals surface area contributed by atoms with Gasteiger partial charge in [0, 0.05) is 35.6 Å². The van der Waals surface area contributed by atoms with Crippen molar-refractivity contribution in [3.05, 3.63) is 34.9 Å². The minimum Gasteiger partial charge on any atom is -0.350 e. The lowest BCUT2D eigenvalue weighted by Crippen LogP contribution is -2.49. The van der Waals surface area contributed by atoms with Crippen LogP contribution in [0.1, 0.15) is 49.2 Å². The zero-order chi connectivity index (χ0) is 18.3. The molecule has 0 aliphatic carbocycles. The number of amides is 1. The molecule has 0 aromatic heterocycles. The Morgan fingerprint density at radius 2 is 1.54 bits per heavy atom. The predicted octanol–water partition coefficient (Wildman–Crippen LogP) is 2.87. The number of hydrogen-bond acceptors (Lipinski definition) is 5. The van der Waals surface area contributed by atoms with Crippen molar-refractivity contribution in [3.8, 4) is 0 Å². The maximum absolute atomic E-state index is 12.5. The minimum atomic E-state index is -0.383. The molecule has 2 N–H and O–H groups in total. The molecule has 24 heavy (non-hydrogen) atoms. The van der Waals surface area contributed by atoms with Gasteiger partial charge in [-0.1, -0.05) is 33.8 Å². The molecular weight excluding hydrogens is 340 g/mol. The topological polar surface area (TPSA) is 58.2 Å². The van der Waals surface area contributed by atoms with Gasteiger partial charge in [-0.2, -0.15) is 25.3 Å². The standard InChI is InChI=1S/C18H28N2O2S2/c1-11(2)17(21)16(20-12(3)4)8-19-18(22)15-6-13(9-23)5-14(7-15)10-24/h5-7,11-12,16,20,23-24H,8-10H2,1-4H3,(H,19,22). The van der Waals surface area contributed by atoms with E-state index in [2.05, 4.69) is 35.9 Å². The molecular formula is C18H28N2O2S2. The number of Topliss-reactive ketones (excluding diaryl/α,β-unsaturated/α-hetero) is 1. The van der Waals surface area contributed by atoms with Gasteiger partial charge >= 0.3 is 0 Å². The molecule has 0 saturated carbocycles. The summed E-state index contributed by atoms with van der Waals surface area (Å²) in [4.78, 5) is 24.8. The van der Waals surface area contributed by atoms with E-state index in [1.54, 1.807) is 0 Å². The van der Waals surface area contributed by atoms with Crippen LogP contribution in [0.2, 0.25) is 0 Å². The van der Waals surface area contributed by atoms with Gasteiger partial charge in [0.15, 0.2) is 5.78 Å². The number of thiol groups is 2. The van der Waals surface area contributed by atoms with Crippen LogP contribution >= 0.6 is 25.3 Å². The second-order valence-electron chi connectivity index (χ2n) is 6.50.